The van der Waals surface area contributed by atoms with Crippen molar-refractivity contribution in [3.63, 3.8) is 0 Å². The van der Waals surface area contributed by atoms with Crippen molar-refractivity contribution in [1.29, 1.82) is 0 Å². The molecule has 10 aromatic rings. The molecule has 0 fully saturated rings. The maximum absolute atomic E-state index is 5.46. The molecule has 0 amide bonds. The number of aromatic nitrogens is 5. The van der Waals surface area contributed by atoms with Crippen LogP contribution in [0.2, 0.25) is 0 Å². The molecule has 214 valence electrons. The summed E-state index contributed by atoms with van der Waals surface area (Å²) in [5.41, 5.74) is 8.02. The molecule has 0 aliphatic heterocycles. The van der Waals surface area contributed by atoms with E-state index >= 15 is 0 Å². The van der Waals surface area contributed by atoms with Gasteiger partial charge in [-0.1, -0.05) is 97.1 Å². The zero-order chi connectivity index (χ0) is 30.2. The Hall–Kier alpha value is -6.33. The smallest absolute Gasteiger partial charge is 0.147 e. The lowest BCUT2D eigenvalue weighted by Gasteiger charge is -2.15. The molecular weight excluding hydrogens is 562 g/mol. The Balaban J connectivity index is 1.30. The van der Waals surface area contributed by atoms with E-state index in [0.29, 0.717) is 0 Å². The minimum absolute atomic E-state index is 0.839. The summed E-state index contributed by atoms with van der Waals surface area (Å²) < 4.78 is 4.52. The third kappa shape index (κ3) is 3.54. The molecule has 3 aromatic heterocycles. The van der Waals surface area contributed by atoms with Crippen LogP contribution in [0.15, 0.2) is 152 Å². The lowest BCUT2D eigenvalue weighted by molar-refractivity contribution is 1.08. The van der Waals surface area contributed by atoms with E-state index in [1.54, 1.807) is 0 Å². The minimum Gasteiger partial charge on any atom is -0.292 e. The Morgan fingerprint density at radius 3 is 1.76 bits per heavy atom. The fraction of sp³-hybridized carbons (Fsp3) is 0. The standard InChI is InChI=1S/C41H25N5/c1-3-13-30(14-4-1)45-35-20-8-7-19-34(35)43-40(45)28-23-29(25-42-24-28)41-44-38-32-17-9-11-26-21-22-27-12-10-18-33(37(27)36(26)32)39(38)46(41)31-15-5-2-6-16-31/h1-25H. The van der Waals surface area contributed by atoms with Crippen LogP contribution in [-0.4, -0.2) is 24.1 Å². The quantitative estimate of drug-likeness (QED) is 0.193. The van der Waals surface area contributed by atoms with E-state index in [0.717, 1.165) is 61.6 Å². The molecule has 0 saturated heterocycles. The number of imidazole rings is 2. The Morgan fingerprint density at radius 1 is 0.457 bits per heavy atom. The van der Waals surface area contributed by atoms with Gasteiger partial charge in [0.2, 0.25) is 0 Å². The van der Waals surface area contributed by atoms with Crippen molar-refractivity contribution in [2.75, 3.05) is 0 Å². The summed E-state index contributed by atoms with van der Waals surface area (Å²) in [5, 5.41) is 7.33. The normalized spacial score (nSPS) is 11.9. The first-order chi connectivity index (χ1) is 22.8. The van der Waals surface area contributed by atoms with E-state index in [2.05, 4.69) is 137 Å². The van der Waals surface area contributed by atoms with Crippen LogP contribution in [0.4, 0.5) is 0 Å². The summed E-state index contributed by atoms with van der Waals surface area (Å²) in [6.07, 6.45) is 3.82. The predicted molar refractivity (Wildman–Crippen MR) is 188 cm³/mol. The Kier molecular flexibility index (Phi) is 5.22. The molecule has 0 aliphatic rings. The van der Waals surface area contributed by atoms with E-state index in [1.807, 2.05) is 24.5 Å². The Morgan fingerprint density at radius 2 is 1.04 bits per heavy atom. The van der Waals surface area contributed by atoms with Crippen LogP contribution >= 0.6 is 0 Å². The second-order valence-corrected chi connectivity index (χ2v) is 11.7. The van der Waals surface area contributed by atoms with Gasteiger partial charge in [-0.05, 0) is 64.0 Å². The second-order valence-electron chi connectivity index (χ2n) is 11.7. The summed E-state index contributed by atoms with van der Waals surface area (Å²) in [4.78, 5) is 15.4. The third-order valence-electron chi connectivity index (χ3n) is 9.12. The molecular formula is C41H25N5. The fourth-order valence-electron chi connectivity index (χ4n) is 7.17. The molecule has 0 aliphatic carbocycles. The minimum atomic E-state index is 0.839. The second kappa shape index (κ2) is 9.58. The van der Waals surface area contributed by atoms with Crippen molar-refractivity contribution >= 4 is 54.4 Å². The van der Waals surface area contributed by atoms with E-state index in [1.165, 1.54) is 26.9 Å². The maximum Gasteiger partial charge on any atom is 0.147 e. The highest BCUT2D eigenvalue weighted by Gasteiger charge is 2.23. The fourth-order valence-corrected chi connectivity index (χ4v) is 7.17. The number of pyridine rings is 1. The number of nitrogens with zero attached hydrogens (tertiary/aromatic N) is 5. The molecule has 0 spiro atoms. The molecule has 10 rings (SSSR count). The van der Waals surface area contributed by atoms with Gasteiger partial charge in [0.1, 0.15) is 11.6 Å². The third-order valence-corrected chi connectivity index (χ3v) is 9.12. The highest BCUT2D eigenvalue weighted by atomic mass is 15.1. The van der Waals surface area contributed by atoms with Crippen LogP contribution < -0.4 is 0 Å². The average molecular weight is 588 g/mol. The topological polar surface area (TPSA) is 48.5 Å². The zero-order valence-electron chi connectivity index (χ0n) is 24.7. The van der Waals surface area contributed by atoms with Gasteiger partial charge in [0, 0.05) is 45.7 Å². The molecule has 0 N–H and O–H groups in total. The number of para-hydroxylation sites is 4. The van der Waals surface area contributed by atoms with Crippen LogP contribution in [0.25, 0.3) is 88.5 Å². The summed E-state index contributed by atoms with van der Waals surface area (Å²) in [5.74, 6) is 1.68. The first kappa shape index (κ1) is 25.0. The zero-order valence-corrected chi connectivity index (χ0v) is 24.7. The lowest BCUT2D eigenvalue weighted by Crippen LogP contribution is -2.00. The van der Waals surface area contributed by atoms with Gasteiger partial charge < -0.3 is 0 Å². The molecule has 3 heterocycles. The van der Waals surface area contributed by atoms with Crippen LogP contribution in [0.1, 0.15) is 0 Å². The number of hydrogen-bond acceptors (Lipinski definition) is 3. The molecule has 46 heavy (non-hydrogen) atoms. The van der Waals surface area contributed by atoms with E-state index in [-0.39, 0.29) is 0 Å². The SMILES string of the molecule is c1ccc(-n2c(-c3cncc(-c4nc5c6cccc7ccc8cccc(c8c76)c5n4-c4ccccc4)c3)nc3ccccc32)cc1. The molecule has 0 radical (unpaired) electrons. The van der Waals surface area contributed by atoms with Crippen LogP contribution in [0, 0.1) is 0 Å². The molecule has 0 atom stereocenters. The van der Waals surface area contributed by atoms with Gasteiger partial charge in [-0.25, -0.2) is 9.97 Å². The van der Waals surface area contributed by atoms with Gasteiger partial charge in [0.05, 0.1) is 22.1 Å². The van der Waals surface area contributed by atoms with Crippen molar-refractivity contribution in [2.24, 2.45) is 0 Å². The van der Waals surface area contributed by atoms with Crippen molar-refractivity contribution in [1.82, 2.24) is 24.1 Å². The monoisotopic (exact) mass is 587 g/mol. The molecule has 5 heteroatoms. The van der Waals surface area contributed by atoms with Crippen molar-refractivity contribution < 1.29 is 0 Å². The highest BCUT2D eigenvalue weighted by Crippen LogP contribution is 2.43. The number of hydrogen-bond donors (Lipinski definition) is 0. The molecule has 7 aromatic carbocycles. The molecule has 5 nitrogen and oxygen atoms in total. The summed E-state index contributed by atoms with van der Waals surface area (Å²) in [7, 11) is 0. The van der Waals surface area contributed by atoms with E-state index in [4.69, 9.17) is 15.0 Å². The summed E-state index contributed by atoms with van der Waals surface area (Å²) in [6, 6.07) is 48.9. The van der Waals surface area contributed by atoms with Crippen LogP contribution in [0.3, 0.4) is 0 Å². The Bertz CT molecular complexity index is 2740. The number of fused-ring (bicyclic) bond motifs is 4. The van der Waals surface area contributed by atoms with Gasteiger partial charge in [-0.2, -0.15) is 0 Å². The van der Waals surface area contributed by atoms with E-state index < -0.39 is 0 Å². The summed E-state index contributed by atoms with van der Waals surface area (Å²) in [6.45, 7) is 0. The lowest BCUT2D eigenvalue weighted by atomic mass is 9.93. The van der Waals surface area contributed by atoms with Crippen molar-refractivity contribution in [3.05, 3.63) is 152 Å². The largest absolute Gasteiger partial charge is 0.292 e. The maximum atomic E-state index is 5.46. The van der Waals surface area contributed by atoms with Gasteiger partial charge in [0.15, 0.2) is 0 Å². The van der Waals surface area contributed by atoms with Gasteiger partial charge in [-0.3, -0.25) is 14.1 Å². The van der Waals surface area contributed by atoms with Crippen molar-refractivity contribution in [3.8, 4) is 34.2 Å². The number of benzene rings is 7. The first-order valence-electron chi connectivity index (χ1n) is 15.5. The van der Waals surface area contributed by atoms with E-state index in [9.17, 15) is 0 Å². The highest BCUT2D eigenvalue weighted by molar-refractivity contribution is 6.32. The molecule has 0 saturated carbocycles. The van der Waals surface area contributed by atoms with Crippen LogP contribution in [-0.2, 0) is 0 Å². The van der Waals surface area contributed by atoms with Gasteiger partial charge in [-0.15, -0.1) is 0 Å². The van der Waals surface area contributed by atoms with Crippen molar-refractivity contribution in [2.45, 2.75) is 0 Å². The average Bonchev–Trinajstić information content (AvgIpc) is 3.72. The Labute approximate surface area is 264 Å². The molecule has 0 unspecified atom stereocenters. The van der Waals surface area contributed by atoms with Gasteiger partial charge in [0.25, 0.3) is 0 Å². The molecule has 0 bridgehead atoms. The summed E-state index contributed by atoms with van der Waals surface area (Å²) >= 11 is 0. The first-order valence-corrected chi connectivity index (χ1v) is 15.5. The predicted octanol–water partition coefficient (Wildman–Crippen LogP) is 9.99. The number of rotatable bonds is 4. The van der Waals surface area contributed by atoms with Crippen LogP contribution in [0.5, 0.6) is 0 Å². The van der Waals surface area contributed by atoms with Gasteiger partial charge >= 0.3 is 0 Å².